The van der Waals surface area contributed by atoms with Crippen LogP contribution in [0.2, 0.25) is 0 Å². The van der Waals surface area contributed by atoms with Gasteiger partial charge in [0.05, 0.1) is 12.7 Å². The van der Waals surface area contributed by atoms with Crippen molar-refractivity contribution in [1.29, 1.82) is 0 Å². The van der Waals surface area contributed by atoms with Crippen molar-refractivity contribution < 1.29 is 22.7 Å². The molecule has 7 heteroatoms. The SMILES string of the molecule is COC(=O)[C@H]1CCN1C(=S)c1cccc(C(F)(F)F)c1. The molecule has 0 unspecified atom stereocenters. The lowest BCUT2D eigenvalue weighted by atomic mass is 10.0. The third-order valence-electron chi connectivity index (χ3n) is 3.19. The highest BCUT2D eigenvalue weighted by Crippen LogP contribution is 2.30. The Bertz CT molecular complexity index is 545. The molecule has 20 heavy (non-hydrogen) atoms. The first-order valence-electron chi connectivity index (χ1n) is 5.90. The zero-order valence-corrected chi connectivity index (χ0v) is 11.4. The number of hydrogen-bond acceptors (Lipinski definition) is 3. The molecule has 1 aliphatic rings. The van der Waals surface area contributed by atoms with Crippen LogP contribution in [-0.4, -0.2) is 35.6 Å². The average Bonchev–Trinajstić information content (AvgIpc) is 2.36. The molecule has 1 atom stereocenters. The number of hydrogen-bond donors (Lipinski definition) is 0. The molecule has 1 saturated heterocycles. The van der Waals surface area contributed by atoms with E-state index in [-0.39, 0.29) is 10.6 Å². The van der Waals surface area contributed by atoms with Crippen LogP contribution in [0.1, 0.15) is 17.5 Å². The lowest BCUT2D eigenvalue weighted by Gasteiger charge is -2.40. The van der Waals surface area contributed by atoms with Crippen molar-refractivity contribution in [3.63, 3.8) is 0 Å². The summed E-state index contributed by atoms with van der Waals surface area (Å²) < 4.78 is 42.6. The zero-order valence-electron chi connectivity index (χ0n) is 10.6. The Labute approximate surface area is 119 Å². The van der Waals surface area contributed by atoms with Crippen molar-refractivity contribution in [2.24, 2.45) is 0 Å². The molecule has 1 aliphatic heterocycles. The summed E-state index contributed by atoms with van der Waals surface area (Å²) in [6.07, 6.45) is -3.83. The molecular weight excluding hydrogens is 291 g/mol. The molecule has 2 rings (SSSR count). The quantitative estimate of drug-likeness (QED) is 0.620. The first-order valence-corrected chi connectivity index (χ1v) is 6.31. The van der Waals surface area contributed by atoms with E-state index in [2.05, 4.69) is 4.74 Å². The van der Waals surface area contributed by atoms with E-state index in [0.717, 1.165) is 12.1 Å². The summed E-state index contributed by atoms with van der Waals surface area (Å²) >= 11 is 5.17. The summed E-state index contributed by atoms with van der Waals surface area (Å²) in [7, 11) is 1.27. The molecule has 108 valence electrons. The molecule has 3 nitrogen and oxygen atoms in total. The minimum absolute atomic E-state index is 0.234. The van der Waals surface area contributed by atoms with Crippen molar-refractivity contribution in [2.45, 2.75) is 18.6 Å². The second-order valence-electron chi connectivity index (χ2n) is 4.40. The van der Waals surface area contributed by atoms with Crippen LogP contribution in [0, 0.1) is 0 Å². The van der Waals surface area contributed by atoms with Gasteiger partial charge in [-0.05, 0) is 18.6 Å². The highest BCUT2D eigenvalue weighted by Gasteiger charge is 2.37. The van der Waals surface area contributed by atoms with Crippen LogP contribution in [0.15, 0.2) is 24.3 Å². The van der Waals surface area contributed by atoms with E-state index in [1.807, 2.05) is 0 Å². The molecule has 1 aromatic rings. The number of carbonyl (C=O) groups is 1. The molecule has 0 aliphatic carbocycles. The molecule has 0 amide bonds. The van der Waals surface area contributed by atoms with Gasteiger partial charge in [0.25, 0.3) is 0 Å². The van der Waals surface area contributed by atoms with Gasteiger partial charge in [-0.2, -0.15) is 13.2 Å². The predicted octanol–water partition coefficient (Wildman–Crippen LogP) is 2.63. The van der Waals surface area contributed by atoms with Gasteiger partial charge in [-0.3, -0.25) is 0 Å². The number of methoxy groups -OCH3 is 1. The maximum Gasteiger partial charge on any atom is 0.416 e. The minimum Gasteiger partial charge on any atom is -0.467 e. The van der Waals surface area contributed by atoms with Crippen LogP contribution in [0.25, 0.3) is 0 Å². The minimum atomic E-state index is -4.41. The topological polar surface area (TPSA) is 29.5 Å². The van der Waals surface area contributed by atoms with Crippen LogP contribution in [0.3, 0.4) is 0 Å². The maximum atomic E-state index is 12.7. The molecule has 1 heterocycles. The lowest BCUT2D eigenvalue weighted by Crippen LogP contribution is -2.55. The normalized spacial score (nSPS) is 18.4. The Morgan fingerprint density at radius 3 is 2.65 bits per heavy atom. The Morgan fingerprint density at radius 2 is 2.15 bits per heavy atom. The molecule has 0 bridgehead atoms. The second kappa shape index (κ2) is 5.40. The van der Waals surface area contributed by atoms with Gasteiger partial charge in [0, 0.05) is 12.1 Å². The fourth-order valence-corrected chi connectivity index (χ4v) is 2.35. The van der Waals surface area contributed by atoms with Crippen molar-refractivity contribution in [3.05, 3.63) is 35.4 Å². The van der Waals surface area contributed by atoms with E-state index >= 15 is 0 Å². The number of rotatable bonds is 2. The summed E-state index contributed by atoms with van der Waals surface area (Å²) in [5.74, 6) is -0.425. The number of esters is 1. The number of ether oxygens (including phenoxy) is 1. The summed E-state index contributed by atoms with van der Waals surface area (Å²) in [5.41, 5.74) is -0.476. The second-order valence-corrected chi connectivity index (χ2v) is 4.79. The first-order chi connectivity index (χ1) is 9.34. The van der Waals surface area contributed by atoms with Crippen LogP contribution in [-0.2, 0) is 15.7 Å². The fourth-order valence-electron chi connectivity index (χ4n) is 2.01. The smallest absolute Gasteiger partial charge is 0.416 e. The first kappa shape index (κ1) is 14.8. The molecule has 0 N–H and O–H groups in total. The number of alkyl halides is 3. The number of halogens is 3. The molecule has 0 saturated carbocycles. The van der Waals surface area contributed by atoms with Gasteiger partial charge in [-0.25, -0.2) is 4.79 Å². The van der Waals surface area contributed by atoms with Gasteiger partial charge in [0.2, 0.25) is 0 Å². The van der Waals surface area contributed by atoms with Gasteiger partial charge in [-0.15, -0.1) is 0 Å². The molecular formula is C13H12F3NO2S. The van der Waals surface area contributed by atoms with Crippen LogP contribution in [0.5, 0.6) is 0 Å². The standard InChI is InChI=1S/C13H12F3NO2S/c1-19-12(18)10-5-6-17(10)11(20)8-3-2-4-9(7-8)13(14,15)16/h2-4,7,10H,5-6H2,1H3/t10-/m1/s1. The molecule has 0 aromatic heterocycles. The summed E-state index contributed by atoms with van der Waals surface area (Å²) in [4.78, 5) is 13.3. The van der Waals surface area contributed by atoms with Crippen molar-refractivity contribution in [2.75, 3.05) is 13.7 Å². The van der Waals surface area contributed by atoms with E-state index in [9.17, 15) is 18.0 Å². The van der Waals surface area contributed by atoms with Crippen molar-refractivity contribution >= 4 is 23.2 Å². The van der Waals surface area contributed by atoms with Gasteiger partial charge >= 0.3 is 12.1 Å². The Balaban J connectivity index is 2.20. The number of thiocarbonyl (C=S) groups is 1. The summed E-state index contributed by atoms with van der Waals surface area (Å²) in [5, 5.41) is 0. The van der Waals surface area contributed by atoms with E-state index in [4.69, 9.17) is 12.2 Å². The number of nitrogens with zero attached hydrogens (tertiary/aromatic N) is 1. The van der Waals surface area contributed by atoms with Crippen LogP contribution in [0.4, 0.5) is 13.2 Å². The van der Waals surface area contributed by atoms with Crippen molar-refractivity contribution in [1.82, 2.24) is 4.90 Å². The highest BCUT2D eigenvalue weighted by atomic mass is 32.1. The largest absolute Gasteiger partial charge is 0.467 e. The monoisotopic (exact) mass is 303 g/mol. The molecule has 1 fully saturated rings. The zero-order chi connectivity index (χ0) is 14.9. The predicted molar refractivity (Wildman–Crippen MR) is 70.3 cm³/mol. The van der Waals surface area contributed by atoms with Crippen molar-refractivity contribution in [3.8, 4) is 0 Å². The average molecular weight is 303 g/mol. The molecule has 1 aromatic carbocycles. The Morgan fingerprint density at radius 1 is 1.45 bits per heavy atom. The van der Waals surface area contributed by atoms with E-state index < -0.39 is 23.8 Å². The van der Waals surface area contributed by atoms with Crippen LogP contribution >= 0.6 is 12.2 Å². The van der Waals surface area contributed by atoms with Gasteiger partial charge in [0.15, 0.2) is 0 Å². The highest BCUT2D eigenvalue weighted by molar-refractivity contribution is 7.80. The molecule has 0 spiro atoms. The Hall–Kier alpha value is -1.63. The third kappa shape index (κ3) is 2.77. The Kier molecular flexibility index (Phi) is 3.99. The van der Waals surface area contributed by atoms with E-state index in [0.29, 0.717) is 13.0 Å². The number of carbonyl (C=O) groups excluding carboxylic acids is 1. The molecule has 0 radical (unpaired) electrons. The lowest BCUT2D eigenvalue weighted by molar-refractivity contribution is -0.148. The number of benzene rings is 1. The fraction of sp³-hybridized carbons (Fsp3) is 0.385. The van der Waals surface area contributed by atoms with Gasteiger partial charge in [0.1, 0.15) is 11.0 Å². The van der Waals surface area contributed by atoms with Gasteiger partial charge < -0.3 is 9.64 Å². The van der Waals surface area contributed by atoms with E-state index in [1.54, 1.807) is 4.90 Å². The summed E-state index contributed by atoms with van der Waals surface area (Å²) in [6, 6.07) is 4.29. The van der Waals surface area contributed by atoms with Gasteiger partial charge in [-0.1, -0.05) is 24.4 Å². The summed E-state index contributed by atoms with van der Waals surface area (Å²) in [6.45, 7) is 0.537. The van der Waals surface area contributed by atoms with E-state index in [1.165, 1.54) is 19.2 Å². The third-order valence-corrected chi connectivity index (χ3v) is 3.66. The number of likely N-dealkylation sites (tertiary alicyclic amines) is 1. The maximum absolute atomic E-state index is 12.7. The van der Waals surface area contributed by atoms with Crippen LogP contribution < -0.4 is 0 Å².